The fraction of sp³-hybridized carbons (Fsp3) is 0.211. The van der Waals surface area contributed by atoms with E-state index in [2.05, 4.69) is 101 Å². The van der Waals surface area contributed by atoms with Crippen LogP contribution in [0.2, 0.25) is 0 Å². The molecule has 12 heteroatoms. The molecule has 9 aromatic carbocycles. The number of carbonyl (C=O) groups excluding carboxylic acids is 2. The van der Waals surface area contributed by atoms with E-state index in [0.29, 0.717) is 83.3 Å². The number of nitrogens with zero attached hydrogens (tertiary/aromatic N) is 2. The Morgan fingerprint density at radius 3 is 1.58 bits per heavy atom. The predicted molar refractivity (Wildman–Crippen MR) is 319 cm³/mol. The van der Waals surface area contributed by atoms with Crippen molar-refractivity contribution < 1.29 is 42.7 Å². The molecule has 0 bridgehead atoms. The number of H-pyrrole nitrogens is 1. The Labute approximate surface area is 480 Å². The zero-order valence-corrected chi connectivity index (χ0v) is 45.7. The zero-order valence-electron chi connectivity index (χ0n) is 45.7. The number of ether oxygens (including phenoxy) is 7. The molecule has 5 atom stereocenters. The van der Waals surface area contributed by atoms with E-state index in [4.69, 9.17) is 33.2 Å². The van der Waals surface area contributed by atoms with Crippen LogP contribution in [-0.4, -0.2) is 70.6 Å². The summed E-state index contributed by atoms with van der Waals surface area (Å²) in [5, 5.41) is 2.68. The van der Waals surface area contributed by atoms with Gasteiger partial charge in [-0.25, -0.2) is 4.90 Å². The van der Waals surface area contributed by atoms with Gasteiger partial charge in [-0.15, -0.1) is 0 Å². The van der Waals surface area contributed by atoms with Crippen LogP contribution in [-0.2, 0) is 63.0 Å². The molecular formula is C71H61N3O9. The maximum absolute atomic E-state index is 15.8. The van der Waals surface area contributed by atoms with E-state index >= 15 is 9.59 Å². The highest BCUT2D eigenvalue weighted by atomic mass is 16.6. The van der Waals surface area contributed by atoms with Crippen molar-refractivity contribution in [2.24, 2.45) is 0 Å². The number of amides is 2. The van der Waals surface area contributed by atoms with E-state index in [1.54, 1.807) is 0 Å². The van der Waals surface area contributed by atoms with Crippen molar-refractivity contribution in [3.05, 3.63) is 262 Å². The third-order valence-corrected chi connectivity index (χ3v) is 16.3. The van der Waals surface area contributed by atoms with Crippen LogP contribution in [0.4, 0.5) is 0 Å². The summed E-state index contributed by atoms with van der Waals surface area (Å²) in [7, 11) is 0. The average Bonchev–Trinajstić information content (AvgIpc) is 1.82. The van der Waals surface area contributed by atoms with Gasteiger partial charge in [0.25, 0.3) is 11.8 Å². The number of benzene rings is 9. The average molecular weight is 1100 g/mol. The van der Waals surface area contributed by atoms with E-state index in [1.165, 1.54) is 4.90 Å². The summed E-state index contributed by atoms with van der Waals surface area (Å²) in [5.41, 5.74) is 10.6. The van der Waals surface area contributed by atoms with E-state index in [9.17, 15) is 0 Å². The summed E-state index contributed by atoms with van der Waals surface area (Å²) in [4.78, 5) is 36.3. The van der Waals surface area contributed by atoms with Crippen LogP contribution in [0.3, 0.4) is 0 Å². The fourth-order valence-corrected chi connectivity index (χ4v) is 12.4. The van der Waals surface area contributed by atoms with Crippen molar-refractivity contribution >= 4 is 55.4 Å². The monoisotopic (exact) mass is 1100 g/mol. The van der Waals surface area contributed by atoms with E-state index in [-0.39, 0.29) is 37.7 Å². The van der Waals surface area contributed by atoms with Crippen molar-refractivity contribution in [2.45, 2.75) is 76.3 Å². The molecule has 414 valence electrons. The quantitative estimate of drug-likeness (QED) is 0.0789. The second-order valence-corrected chi connectivity index (χ2v) is 21.6. The van der Waals surface area contributed by atoms with Crippen molar-refractivity contribution in [2.75, 3.05) is 19.9 Å². The van der Waals surface area contributed by atoms with Gasteiger partial charge in [0.1, 0.15) is 38.3 Å². The van der Waals surface area contributed by atoms with Gasteiger partial charge in [0, 0.05) is 27.6 Å². The van der Waals surface area contributed by atoms with Gasteiger partial charge in [-0.3, -0.25) is 9.59 Å². The maximum atomic E-state index is 15.8. The number of aromatic amines is 1. The van der Waals surface area contributed by atoms with Gasteiger partial charge in [0.05, 0.1) is 65.7 Å². The minimum absolute atomic E-state index is 0.205. The topological polar surface area (TPSA) is 123 Å². The Morgan fingerprint density at radius 1 is 0.482 bits per heavy atom. The van der Waals surface area contributed by atoms with Crippen molar-refractivity contribution in [1.82, 2.24) is 14.5 Å². The van der Waals surface area contributed by atoms with Crippen molar-refractivity contribution in [3.63, 3.8) is 0 Å². The largest absolute Gasteiger partial charge is 0.486 e. The molecule has 83 heavy (non-hydrogen) atoms. The maximum Gasteiger partial charge on any atom is 0.264 e. The number of hydrogen-bond donors (Lipinski definition) is 1. The number of nitrogens with one attached hydrogen (secondary N) is 1. The van der Waals surface area contributed by atoms with Crippen LogP contribution in [0, 0.1) is 0 Å². The Balaban J connectivity index is 1.02. The van der Waals surface area contributed by atoms with Gasteiger partial charge in [0.15, 0.2) is 17.7 Å². The van der Waals surface area contributed by atoms with Crippen LogP contribution >= 0.6 is 0 Å². The molecule has 0 spiro atoms. The molecular weight excluding hydrogens is 1040 g/mol. The van der Waals surface area contributed by atoms with Gasteiger partial charge in [-0.05, 0) is 76.4 Å². The van der Waals surface area contributed by atoms with Gasteiger partial charge >= 0.3 is 0 Å². The molecule has 1 N–H and O–H groups in total. The zero-order chi connectivity index (χ0) is 55.6. The Morgan fingerprint density at radius 2 is 0.988 bits per heavy atom. The van der Waals surface area contributed by atoms with Crippen LogP contribution in [0.5, 0.6) is 11.5 Å². The summed E-state index contributed by atoms with van der Waals surface area (Å²) < 4.78 is 50.8. The Hall–Kier alpha value is -8.88. The number of fused-ring (bicyclic) bond motifs is 11. The van der Waals surface area contributed by atoms with Crippen LogP contribution in [0.15, 0.2) is 212 Å². The first-order valence-electron chi connectivity index (χ1n) is 28.6. The molecule has 2 amide bonds. The molecule has 2 aromatic heterocycles. The number of imide groups is 1. The standard InChI is InChI=1S/C71H61N3O9/c75-69-62-60-53-39-58-59(79-36-35-78-58)40-55(53)72-64(60)65-61(63(62)70(76)73(69)45-77-41-48-23-11-3-12-24-48)54-38-52(37-47-21-9-2-10-22-47)31-33-56(54)74(65)71-68(82-44-51-29-17-6-18-30-51)67(81-43-50-27-15-5-16-28-50)66(80-42-49-25-13-4-14-26-49)57(83-71)34-32-46-19-7-1-8-20-46/h1-31,33,38-40,57,66-68,71-72H,32,34-37,41-45H2. The van der Waals surface area contributed by atoms with E-state index in [0.717, 1.165) is 49.8 Å². The molecule has 3 aliphatic rings. The minimum Gasteiger partial charge on any atom is -0.486 e. The molecule has 12 nitrogen and oxygen atoms in total. The van der Waals surface area contributed by atoms with E-state index < -0.39 is 42.5 Å². The molecule has 3 aliphatic heterocycles. The molecule has 11 aromatic rings. The van der Waals surface area contributed by atoms with E-state index in [1.807, 2.05) is 121 Å². The number of aryl methyl sites for hydroxylation is 1. The molecule has 5 unspecified atom stereocenters. The number of aromatic nitrogens is 2. The lowest BCUT2D eigenvalue weighted by Gasteiger charge is -2.47. The summed E-state index contributed by atoms with van der Waals surface area (Å²) in [6.45, 7) is 1.50. The highest BCUT2D eigenvalue weighted by Gasteiger charge is 2.51. The molecule has 1 fully saturated rings. The van der Waals surface area contributed by atoms with Crippen LogP contribution < -0.4 is 9.47 Å². The fourth-order valence-electron chi connectivity index (χ4n) is 12.4. The Bertz CT molecular complexity index is 4100. The molecule has 0 aliphatic carbocycles. The molecule has 14 rings (SSSR count). The lowest BCUT2D eigenvalue weighted by molar-refractivity contribution is -0.282. The third kappa shape index (κ3) is 10.3. The minimum atomic E-state index is -0.915. The first-order valence-corrected chi connectivity index (χ1v) is 28.6. The highest BCUT2D eigenvalue weighted by molar-refractivity contribution is 6.39. The first-order chi connectivity index (χ1) is 41.0. The van der Waals surface area contributed by atoms with Crippen LogP contribution in [0.25, 0.3) is 43.6 Å². The van der Waals surface area contributed by atoms with Gasteiger partial charge in [-0.1, -0.05) is 188 Å². The summed E-state index contributed by atoms with van der Waals surface area (Å²) in [6.07, 6.45) is -1.77. The van der Waals surface area contributed by atoms with Crippen LogP contribution in [0.1, 0.15) is 72.3 Å². The second-order valence-electron chi connectivity index (χ2n) is 21.6. The number of hydrogen-bond acceptors (Lipinski definition) is 9. The normalized spacial score (nSPS) is 18.7. The highest BCUT2D eigenvalue weighted by Crippen LogP contribution is 2.50. The first kappa shape index (κ1) is 52.2. The Kier molecular flexibility index (Phi) is 14.6. The SMILES string of the molecule is O=C1c2c(c3c4cc(Cc5ccccc5)ccc4n(C4OC(CCc5ccccc5)C(OCc5ccccc5)C(OCc5ccccc5)C4OCc4ccccc4)c3c3[nH]c4cc5c(cc4c23)OCCO5)C(=O)N1COCc1ccccc1. The van der Waals surface area contributed by atoms with Gasteiger partial charge < -0.3 is 42.7 Å². The molecule has 1 saturated heterocycles. The lowest BCUT2D eigenvalue weighted by atomic mass is 9.92. The van der Waals surface area contributed by atoms with Gasteiger partial charge in [0.2, 0.25) is 0 Å². The number of carbonyl (C=O) groups is 2. The predicted octanol–water partition coefficient (Wildman–Crippen LogP) is 13.8. The molecule has 0 radical (unpaired) electrons. The molecule has 5 heterocycles. The summed E-state index contributed by atoms with van der Waals surface area (Å²) in [6, 6.07) is 71.3. The lowest BCUT2D eigenvalue weighted by Crippen LogP contribution is -2.58. The number of rotatable bonds is 19. The second kappa shape index (κ2) is 23.2. The van der Waals surface area contributed by atoms with Crippen molar-refractivity contribution in [3.8, 4) is 11.5 Å². The summed E-state index contributed by atoms with van der Waals surface area (Å²) in [5.74, 6) is 0.230. The van der Waals surface area contributed by atoms with Gasteiger partial charge in [-0.2, -0.15) is 0 Å². The summed E-state index contributed by atoms with van der Waals surface area (Å²) >= 11 is 0. The van der Waals surface area contributed by atoms with Crippen molar-refractivity contribution in [1.29, 1.82) is 0 Å². The molecule has 0 saturated carbocycles. The smallest absolute Gasteiger partial charge is 0.264 e. The third-order valence-electron chi connectivity index (χ3n) is 16.3.